The number of carboxylic acid groups (broad SMARTS) is 1. The molecule has 0 aliphatic carbocycles. The fraction of sp³-hybridized carbons (Fsp3) is 0.600. The second kappa shape index (κ2) is 7.90. The van der Waals surface area contributed by atoms with E-state index in [0.29, 0.717) is 6.54 Å². The fourth-order valence-electron chi connectivity index (χ4n) is 1.20. The van der Waals surface area contributed by atoms with Crippen LogP contribution in [0.5, 0.6) is 0 Å². The van der Waals surface area contributed by atoms with Crippen LogP contribution in [0.1, 0.15) is 13.3 Å². The average Bonchev–Trinajstić information content (AvgIpc) is 2.27. The van der Waals surface area contributed by atoms with E-state index in [1.54, 1.807) is 6.92 Å². The minimum atomic E-state index is -1.42. The van der Waals surface area contributed by atoms with E-state index >= 15 is 0 Å². The van der Waals surface area contributed by atoms with Gasteiger partial charge in [0.25, 0.3) is 0 Å². The molecule has 9 heteroatoms. The zero-order chi connectivity index (χ0) is 15.0. The number of aliphatic carboxylic acids is 1. The summed E-state index contributed by atoms with van der Waals surface area (Å²) in [6.45, 7) is 1.93. The molecule has 0 unspecified atom stereocenters. The number of nitrogens with one attached hydrogen (secondary N) is 2. The van der Waals surface area contributed by atoms with Gasteiger partial charge in [-0.25, -0.2) is 9.59 Å². The molecule has 0 aromatic heterocycles. The van der Waals surface area contributed by atoms with Gasteiger partial charge in [0.1, 0.15) is 12.6 Å². The predicted octanol–water partition coefficient (Wildman–Crippen LogP) is -1.91. The SMILES string of the molecule is CCNC(=O)CN(C)C(=O)N[C@@H](CC(N)=O)C(=O)O. The Morgan fingerprint density at radius 2 is 1.89 bits per heavy atom. The van der Waals surface area contributed by atoms with Crippen molar-refractivity contribution in [2.45, 2.75) is 19.4 Å². The standard InChI is InChI=1S/C10H18N4O5/c1-3-12-8(16)5-14(2)10(19)13-6(9(17)18)4-7(11)15/h6H,3-5H2,1-2H3,(H2,11,15)(H,12,16)(H,13,19)(H,17,18)/t6-/m0/s1. The number of carboxylic acids is 1. The second-order valence-electron chi connectivity index (χ2n) is 3.82. The number of carbonyl (C=O) groups excluding carboxylic acids is 3. The van der Waals surface area contributed by atoms with Crippen LogP contribution in [0, 0.1) is 0 Å². The van der Waals surface area contributed by atoms with E-state index in [1.807, 2.05) is 0 Å². The van der Waals surface area contributed by atoms with E-state index in [4.69, 9.17) is 10.8 Å². The third-order valence-corrected chi connectivity index (χ3v) is 2.10. The second-order valence-corrected chi connectivity index (χ2v) is 3.82. The van der Waals surface area contributed by atoms with Gasteiger partial charge in [-0.15, -0.1) is 0 Å². The Morgan fingerprint density at radius 3 is 2.32 bits per heavy atom. The van der Waals surface area contributed by atoms with Gasteiger partial charge < -0.3 is 26.4 Å². The van der Waals surface area contributed by atoms with Crippen LogP contribution in [0.3, 0.4) is 0 Å². The molecule has 4 amide bonds. The molecule has 0 rings (SSSR count). The van der Waals surface area contributed by atoms with Crippen LogP contribution < -0.4 is 16.4 Å². The van der Waals surface area contributed by atoms with Crippen LogP contribution in [0.25, 0.3) is 0 Å². The largest absolute Gasteiger partial charge is 0.480 e. The third kappa shape index (κ3) is 6.86. The summed E-state index contributed by atoms with van der Waals surface area (Å²) in [5, 5.41) is 13.4. The molecule has 0 aliphatic heterocycles. The van der Waals surface area contributed by atoms with E-state index < -0.39 is 30.4 Å². The van der Waals surface area contributed by atoms with Gasteiger partial charge >= 0.3 is 12.0 Å². The maximum absolute atomic E-state index is 11.6. The van der Waals surface area contributed by atoms with Crippen molar-refractivity contribution in [3.8, 4) is 0 Å². The molecular weight excluding hydrogens is 256 g/mol. The van der Waals surface area contributed by atoms with Crippen molar-refractivity contribution in [3.05, 3.63) is 0 Å². The number of urea groups is 1. The highest BCUT2D eigenvalue weighted by Gasteiger charge is 2.24. The molecule has 0 aliphatic rings. The Morgan fingerprint density at radius 1 is 1.32 bits per heavy atom. The fourth-order valence-corrected chi connectivity index (χ4v) is 1.20. The molecule has 0 fully saturated rings. The van der Waals surface area contributed by atoms with Crippen LogP contribution in [0.4, 0.5) is 4.79 Å². The smallest absolute Gasteiger partial charge is 0.326 e. The lowest BCUT2D eigenvalue weighted by Crippen LogP contribution is -2.50. The monoisotopic (exact) mass is 274 g/mol. The topological polar surface area (TPSA) is 142 Å². The Kier molecular flexibility index (Phi) is 6.94. The number of nitrogens with zero attached hydrogens (tertiary/aromatic N) is 1. The highest BCUT2D eigenvalue weighted by atomic mass is 16.4. The van der Waals surface area contributed by atoms with Crippen molar-refractivity contribution in [1.82, 2.24) is 15.5 Å². The van der Waals surface area contributed by atoms with Crippen molar-refractivity contribution in [2.75, 3.05) is 20.1 Å². The first-order valence-corrected chi connectivity index (χ1v) is 5.57. The molecule has 108 valence electrons. The summed E-state index contributed by atoms with van der Waals surface area (Å²) in [5.41, 5.74) is 4.87. The summed E-state index contributed by atoms with van der Waals surface area (Å²) >= 11 is 0. The van der Waals surface area contributed by atoms with Crippen molar-refractivity contribution in [3.63, 3.8) is 0 Å². The Balaban J connectivity index is 4.42. The third-order valence-electron chi connectivity index (χ3n) is 2.10. The Hall–Kier alpha value is -2.32. The van der Waals surface area contributed by atoms with E-state index in [0.717, 1.165) is 4.90 Å². The van der Waals surface area contributed by atoms with Gasteiger partial charge in [-0.3, -0.25) is 9.59 Å². The maximum Gasteiger partial charge on any atom is 0.326 e. The normalized spacial score (nSPS) is 11.3. The molecule has 9 nitrogen and oxygen atoms in total. The summed E-state index contributed by atoms with van der Waals surface area (Å²) in [6.07, 6.45) is -0.518. The summed E-state index contributed by atoms with van der Waals surface area (Å²) in [5.74, 6) is -2.60. The molecule has 0 saturated carbocycles. The predicted molar refractivity (Wildman–Crippen MR) is 65.1 cm³/mol. The lowest BCUT2D eigenvalue weighted by atomic mass is 10.2. The van der Waals surface area contributed by atoms with Crippen LogP contribution in [-0.4, -0.2) is 60.0 Å². The van der Waals surface area contributed by atoms with Gasteiger partial charge in [0, 0.05) is 13.6 Å². The van der Waals surface area contributed by atoms with Gasteiger partial charge in [0.15, 0.2) is 0 Å². The molecule has 0 heterocycles. The zero-order valence-electron chi connectivity index (χ0n) is 10.8. The molecule has 0 saturated heterocycles. The van der Waals surface area contributed by atoms with Crippen LogP contribution in [-0.2, 0) is 14.4 Å². The van der Waals surface area contributed by atoms with E-state index in [9.17, 15) is 19.2 Å². The number of primary amides is 1. The number of amides is 4. The Bertz CT molecular complexity index is 371. The van der Waals surface area contributed by atoms with Gasteiger partial charge in [0.05, 0.1) is 6.42 Å². The molecule has 0 aromatic rings. The van der Waals surface area contributed by atoms with Crippen molar-refractivity contribution in [2.24, 2.45) is 5.73 Å². The van der Waals surface area contributed by atoms with E-state index in [1.165, 1.54) is 7.05 Å². The number of likely N-dealkylation sites (N-methyl/N-ethyl adjacent to an activating group) is 2. The first kappa shape index (κ1) is 16.7. The van der Waals surface area contributed by atoms with Gasteiger partial charge in [0.2, 0.25) is 11.8 Å². The van der Waals surface area contributed by atoms with Crippen LogP contribution in [0.15, 0.2) is 0 Å². The van der Waals surface area contributed by atoms with Gasteiger partial charge in [-0.1, -0.05) is 0 Å². The van der Waals surface area contributed by atoms with Crippen molar-refractivity contribution < 1.29 is 24.3 Å². The molecule has 5 N–H and O–H groups in total. The quantitative estimate of drug-likeness (QED) is 0.428. The highest BCUT2D eigenvalue weighted by Crippen LogP contribution is 1.94. The first-order valence-electron chi connectivity index (χ1n) is 5.57. The first-order chi connectivity index (χ1) is 8.77. The zero-order valence-corrected chi connectivity index (χ0v) is 10.8. The van der Waals surface area contributed by atoms with Gasteiger partial charge in [-0.2, -0.15) is 0 Å². The Labute approximate surface area is 110 Å². The minimum absolute atomic E-state index is 0.220. The van der Waals surface area contributed by atoms with E-state index in [-0.39, 0.29) is 12.5 Å². The van der Waals surface area contributed by atoms with Crippen molar-refractivity contribution in [1.29, 1.82) is 0 Å². The molecule has 1 atom stereocenters. The molecule has 0 radical (unpaired) electrons. The molecule has 0 aromatic carbocycles. The highest BCUT2D eigenvalue weighted by molar-refractivity contribution is 5.89. The maximum atomic E-state index is 11.6. The van der Waals surface area contributed by atoms with Gasteiger partial charge in [-0.05, 0) is 6.92 Å². The number of hydrogen-bond acceptors (Lipinski definition) is 4. The summed E-state index contributed by atoms with van der Waals surface area (Å²) in [7, 11) is 1.33. The lowest BCUT2D eigenvalue weighted by Gasteiger charge is -2.20. The van der Waals surface area contributed by atoms with Crippen molar-refractivity contribution >= 4 is 23.8 Å². The number of hydrogen-bond donors (Lipinski definition) is 4. The molecule has 0 spiro atoms. The molecule has 0 bridgehead atoms. The van der Waals surface area contributed by atoms with Crippen LogP contribution >= 0.6 is 0 Å². The molecular formula is C10H18N4O5. The summed E-state index contributed by atoms with van der Waals surface area (Å²) < 4.78 is 0. The number of carbonyl (C=O) groups is 4. The molecule has 19 heavy (non-hydrogen) atoms. The lowest BCUT2D eigenvalue weighted by molar-refractivity contribution is -0.140. The van der Waals surface area contributed by atoms with E-state index in [2.05, 4.69) is 10.6 Å². The average molecular weight is 274 g/mol. The number of nitrogens with two attached hydrogens (primary N) is 1. The van der Waals surface area contributed by atoms with Crippen LogP contribution in [0.2, 0.25) is 0 Å². The summed E-state index contributed by atoms with van der Waals surface area (Å²) in [4.78, 5) is 45.3. The minimum Gasteiger partial charge on any atom is -0.480 e. The summed E-state index contributed by atoms with van der Waals surface area (Å²) in [6, 6.07) is -2.19. The number of rotatable bonds is 7.